The molecule has 1 aliphatic heterocycles. The number of carbonyl (C=O) groups excluding carboxylic acids is 1. The molecule has 1 aliphatic rings. The zero-order chi connectivity index (χ0) is 26.9. The third-order valence-corrected chi connectivity index (χ3v) is 5.95. The Kier molecular flexibility index (Phi) is 15.3. The van der Waals surface area contributed by atoms with Crippen molar-refractivity contribution in [3.8, 4) is 0 Å². The van der Waals surface area contributed by atoms with Gasteiger partial charge in [-0.3, -0.25) is 9.98 Å². The van der Waals surface area contributed by atoms with E-state index in [2.05, 4.69) is 39.4 Å². The van der Waals surface area contributed by atoms with E-state index in [0.29, 0.717) is 18.8 Å². The first kappa shape index (κ1) is 31.3. The lowest BCUT2D eigenvalue weighted by atomic mass is 9.95. The van der Waals surface area contributed by atoms with Gasteiger partial charge in [0.25, 0.3) is 0 Å². The monoisotopic (exact) mass is 557 g/mol. The maximum Gasteiger partial charge on any atom is 0.338 e. The Balaban J connectivity index is 0.000000697. The normalized spacial score (nSPS) is 16.0. The molecule has 2 rings (SSSR count). The zero-order valence-electron chi connectivity index (χ0n) is 22.5. The molecule has 0 saturated heterocycles. The van der Waals surface area contributed by atoms with Crippen LogP contribution in [0.3, 0.4) is 0 Å². The summed E-state index contributed by atoms with van der Waals surface area (Å²) in [6.07, 6.45) is 12.6. The molecule has 196 valence electrons. The fraction of sp³-hybridized carbons (Fsp3) is 0.414. The quantitative estimate of drug-likeness (QED) is 0.168. The highest BCUT2D eigenvalue weighted by atomic mass is 79.9. The maximum absolute atomic E-state index is 12.6. The van der Waals surface area contributed by atoms with Crippen molar-refractivity contribution in [2.75, 3.05) is 19.0 Å². The fourth-order valence-corrected chi connectivity index (χ4v) is 3.96. The van der Waals surface area contributed by atoms with Gasteiger partial charge in [0.15, 0.2) is 0 Å². The van der Waals surface area contributed by atoms with Crippen molar-refractivity contribution in [3.05, 3.63) is 89.7 Å². The zero-order valence-corrected chi connectivity index (χ0v) is 24.0. The van der Waals surface area contributed by atoms with Crippen LogP contribution in [0.5, 0.6) is 0 Å². The molecule has 0 fully saturated rings. The van der Waals surface area contributed by atoms with Crippen LogP contribution in [0.15, 0.2) is 89.0 Å². The molecule has 0 spiro atoms. The van der Waals surface area contributed by atoms with Crippen LogP contribution in [-0.2, 0) is 20.9 Å². The number of pyridine rings is 1. The third kappa shape index (κ3) is 9.36. The summed E-state index contributed by atoms with van der Waals surface area (Å²) in [6, 6.07) is 5.76. The SMILES string of the molecule is C/C=C\C(CBr)=NC.C=CN1C(C(CC)OCc2ccccn2)=C(C)C(C(=O)OCCC)=C/C1=C/C. The van der Waals surface area contributed by atoms with Crippen molar-refractivity contribution in [1.29, 1.82) is 0 Å². The van der Waals surface area contributed by atoms with Crippen LogP contribution in [-0.4, -0.2) is 46.7 Å². The second kappa shape index (κ2) is 17.6. The number of halogens is 1. The van der Waals surface area contributed by atoms with Gasteiger partial charge in [-0.05, 0) is 63.5 Å². The van der Waals surface area contributed by atoms with Crippen LogP contribution in [0.2, 0.25) is 0 Å². The van der Waals surface area contributed by atoms with Crippen molar-refractivity contribution < 1.29 is 14.3 Å². The van der Waals surface area contributed by atoms with E-state index in [4.69, 9.17) is 9.47 Å². The topological polar surface area (TPSA) is 64.0 Å². The Morgan fingerprint density at radius 1 is 1.31 bits per heavy atom. The number of carbonyl (C=O) groups is 1. The second-order valence-electron chi connectivity index (χ2n) is 7.85. The van der Waals surface area contributed by atoms with Crippen molar-refractivity contribution in [2.24, 2.45) is 4.99 Å². The van der Waals surface area contributed by atoms with Crippen molar-refractivity contribution in [3.63, 3.8) is 0 Å². The van der Waals surface area contributed by atoms with Crippen LogP contribution < -0.4 is 0 Å². The molecule has 0 bridgehead atoms. The minimum Gasteiger partial charge on any atom is -0.462 e. The lowest BCUT2D eigenvalue weighted by Crippen LogP contribution is -2.32. The average Bonchev–Trinajstić information content (AvgIpc) is 2.91. The molecule has 1 aromatic heterocycles. The van der Waals surface area contributed by atoms with E-state index < -0.39 is 0 Å². The summed E-state index contributed by atoms with van der Waals surface area (Å²) < 4.78 is 11.6. The van der Waals surface area contributed by atoms with Crippen molar-refractivity contribution >= 4 is 27.6 Å². The first-order chi connectivity index (χ1) is 17.4. The highest BCUT2D eigenvalue weighted by Gasteiger charge is 2.30. The summed E-state index contributed by atoms with van der Waals surface area (Å²) in [5.74, 6) is -0.306. The molecule has 7 heteroatoms. The van der Waals surface area contributed by atoms with E-state index in [-0.39, 0.29) is 12.1 Å². The van der Waals surface area contributed by atoms with Gasteiger partial charge in [-0.25, -0.2) is 4.79 Å². The molecule has 1 aromatic rings. The lowest BCUT2D eigenvalue weighted by molar-refractivity contribution is -0.138. The molecule has 0 amide bonds. The van der Waals surface area contributed by atoms with Crippen LogP contribution >= 0.6 is 15.9 Å². The second-order valence-corrected chi connectivity index (χ2v) is 8.41. The molecule has 1 atom stereocenters. The summed E-state index contributed by atoms with van der Waals surface area (Å²) in [5.41, 5.74) is 5.14. The standard InChI is InChI=1S/C23H30N2O3.C6H10BrN/c1-6-14-27-23(26)20-15-19(7-2)25(9-4)22(17(20)5)21(8-3)28-16-18-12-10-11-13-24-18;1-3-4-6(5-7)8-2/h7,9-13,15,21H,4,6,8,14,16H2,1-3,5H3;3-4H,5H2,1-2H3/b19-7-;4-3-,8-6?. The minimum absolute atomic E-state index is 0.211. The summed E-state index contributed by atoms with van der Waals surface area (Å²) in [7, 11) is 1.79. The van der Waals surface area contributed by atoms with E-state index in [0.717, 1.165) is 46.5 Å². The Hall–Kier alpha value is -2.77. The van der Waals surface area contributed by atoms with E-state index in [1.807, 2.05) is 75.1 Å². The number of hydrogen-bond acceptors (Lipinski definition) is 6. The third-order valence-electron chi connectivity index (χ3n) is 5.37. The number of alkyl halides is 1. The lowest BCUT2D eigenvalue weighted by Gasteiger charge is -2.35. The number of aromatic nitrogens is 1. The molecule has 0 radical (unpaired) electrons. The van der Waals surface area contributed by atoms with Crippen LogP contribution in [0, 0.1) is 0 Å². The van der Waals surface area contributed by atoms with E-state index in [1.165, 1.54) is 0 Å². The number of ether oxygens (including phenoxy) is 2. The van der Waals surface area contributed by atoms with E-state index >= 15 is 0 Å². The Bertz CT molecular complexity index is 992. The average molecular weight is 559 g/mol. The molecule has 0 aromatic carbocycles. The molecule has 6 nitrogen and oxygen atoms in total. The van der Waals surface area contributed by atoms with Gasteiger partial charge in [-0.2, -0.15) is 0 Å². The summed E-state index contributed by atoms with van der Waals surface area (Å²) >= 11 is 3.29. The first-order valence-corrected chi connectivity index (χ1v) is 13.4. The van der Waals surface area contributed by atoms with Crippen LogP contribution in [0.25, 0.3) is 0 Å². The Labute approximate surface area is 225 Å². The van der Waals surface area contributed by atoms with Gasteiger partial charge in [0.2, 0.25) is 0 Å². The van der Waals surface area contributed by atoms with E-state index in [1.54, 1.807) is 19.4 Å². The van der Waals surface area contributed by atoms with Gasteiger partial charge >= 0.3 is 5.97 Å². The molecule has 0 saturated carbocycles. The molecular formula is C29H40BrN3O3. The molecule has 36 heavy (non-hydrogen) atoms. The van der Waals surface area contributed by atoms with Crippen molar-refractivity contribution in [2.45, 2.75) is 60.2 Å². The first-order valence-electron chi connectivity index (χ1n) is 12.3. The molecule has 0 N–H and O–H groups in total. The van der Waals surface area contributed by atoms with Crippen LogP contribution in [0.4, 0.5) is 0 Å². The number of aliphatic imine (C=N–C) groups is 1. The van der Waals surface area contributed by atoms with Gasteiger partial charge in [0.1, 0.15) is 0 Å². The van der Waals surface area contributed by atoms with Gasteiger partial charge < -0.3 is 14.4 Å². The summed E-state index contributed by atoms with van der Waals surface area (Å²) in [6.45, 7) is 14.7. The maximum atomic E-state index is 12.6. The highest BCUT2D eigenvalue weighted by molar-refractivity contribution is 9.09. The number of esters is 1. The molecule has 2 heterocycles. The van der Waals surface area contributed by atoms with Gasteiger partial charge in [0.05, 0.1) is 36.3 Å². The number of allylic oxidation sites excluding steroid dienone is 4. The van der Waals surface area contributed by atoms with Gasteiger partial charge in [-0.1, -0.05) is 54.6 Å². The largest absolute Gasteiger partial charge is 0.462 e. The van der Waals surface area contributed by atoms with Gasteiger partial charge in [-0.15, -0.1) is 0 Å². The number of nitrogens with zero attached hydrogens (tertiary/aromatic N) is 3. The fourth-order valence-electron chi connectivity index (χ4n) is 3.52. The predicted octanol–water partition coefficient (Wildman–Crippen LogP) is 6.92. The van der Waals surface area contributed by atoms with E-state index in [9.17, 15) is 4.79 Å². The summed E-state index contributed by atoms with van der Waals surface area (Å²) in [4.78, 5) is 22.9. The van der Waals surface area contributed by atoms with Crippen LogP contribution in [0.1, 0.15) is 53.2 Å². The number of rotatable bonds is 11. The van der Waals surface area contributed by atoms with Gasteiger partial charge in [0, 0.05) is 36.2 Å². The molecular weight excluding hydrogens is 518 g/mol. The number of hydrogen-bond donors (Lipinski definition) is 0. The van der Waals surface area contributed by atoms with Crippen molar-refractivity contribution in [1.82, 2.24) is 9.88 Å². The molecule has 0 aliphatic carbocycles. The summed E-state index contributed by atoms with van der Waals surface area (Å²) in [5, 5.41) is 0.841. The smallest absolute Gasteiger partial charge is 0.338 e. The molecule has 1 unspecified atom stereocenters. The minimum atomic E-state index is -0.306. The Morgan fingerprint density at radius 3 is 2.53 bits per heavy atom. The highest BCUT2D eigenvalue weighted by Crippen LogP contribution is 2.34. The predicted molar refractivity (Wildman–Crippen MR) is 153 cm³/mol. The Morgan fingerprint density at radius 2 is 2.06 bits per heavy atom.